The van der Waals surface area contributed by atoms with Crippen molar-refractivity contribution in [2.75, 3.05) is 0 Å². The highest BCUT2D eigenvalue weighted by atomic mass is 79.9. The molecule has 1 fully saturated rings. The maximum Gasteiger partial charge on any atom is 0.240 e. The molecule has 14 heavy (non-hydrogen) atoms. The van der Waals surface area contributed by atoms with Gasteiger partial charge < -0.3 is 11.1 Å². The van der Waals surface area contributed by atoms with Crippen LogP contribution in [0.1, 0.15) is 19.3 Å². The average molecular weight is 261 g/mol. The van der Waals surface area contributed by atoms with Gasteiger partial charge in [0.05, 0.1) is 0 Å². The summed E-state index contributed by atoms with van der Waals surface area (Å²) in [6.07, 6.45) is 2.16. The molecule has 2 amide bonds. The van der Waals surface area contributed by atoms with E-state index in [4.69, 9.17) is 5.73 Å². The Morgan fingerprint density at radius 2 is 2.14 bits per heavy atom. The predicted molar refractivity (Wildman–Crippen MR) is 56.5 cm³/mol. The van der Waals surface area contributed by atoms with E-state index >= 15 is 0 Å². The van der Waals surface area contributed by atoms with Gasteiger partial charge in [-0.05, 0) is 17.3 Å². The van der Waals surface area contributed by atoms with Crippen molar-refractivity contribution in [1.82, 2.24) is 5.32 Å². The monoisotopic (exact) mass is 260 g/mol. The van der Waals surface area contributed by atoms with Gasteiger partial charge in [0.25, 0.3) is 0 Å². The molecular formula is C9H13BrN2O2. The van der Waals surface area contributed by atoms with Crippen LogP contribution in [0.4, 0.5) is 0 Å². The molecule has 0 heterocycles. The molecule has 0 aromatic heterocycles. The van der Waals surface area contributed by atoms with Gasteiger partial charge in [0.15, 0.2) is 0 Å². The van der Waals surface area contributed by atoms with Crippen molar-refractivity contribution in [3.63, 3.8) is 0 Å². The summed E-state index contributed by atoms with van der Waals surface area (Å²) in [6, 6.07) is -0.644. The maximum absolute atomic E-state index is 11.3. The Labute approximate surface area is 91.0 Å². The topological polar surface area (TPSA) is 72.2 Å². The van der Waals surface area contributed by atoms with Gasteiger partial charge >= 0.3 is 0 Å². The quantitative estimate of drug-likeness (QED) is 0.763. The van der Waals surface area contributed by atoms with E-state index < -0.39 is 11.9 Å². The third-order valence-corrected chi connectivity index (χ3v) is 2.36. The van der Waals surface area contributed by atoms with Crippen molar-refractivity contribution in [2.45, 2.75) is 25.3 Å². The van der Waals surface area contributed by atoms with E-state index in [0.717, 1.165) is 12.8 Å². The van der Waals surface area contributed by atoms with Crippen LogP contribution in [-0.4, -0.2) is 17.9 Å². The number of carbonyl (C=O) groups excluding carboxylic acids is 2. The minimum Gasteiger partial charge on any atom is -0.368 e. The van der Waals surface area contributed by atoms with E-state index in [1.807, 2.05) is 0 Å². The number of halogens is 1. The lowest BCUT2D eigenvalue weighted by molar-refractivity contribution is -0.128. The molecule has 4 nitrogen and oxygen atoms in total. The molecule has 0 saturated heterocycles. The fourth-order valence-corrected chi connectivity index (χ4v) is 1.40. The number of primary amides is 1. The number of nitrogens with two attached hydrogens (primary N) is 1. The number of hydrogen-bond donors (Lipinski definition) is 2. The smallest absolute Gasteiger partial charge is 0.240 e. The number of nitrogens with one attached hydrogen (secondary N) is 1. The van der Waals surface area contributed by atoms with Crippen molar-refractivity contribution < 1.29 is 9.59 Å². The molecule has 5 heteroatoms. The third-order valence-electron chi connectivity index (χ3n) is 2.03. The van der Waals surface area contributed by atoms with Crippen molar-refractivity contribution in [1.29, 1.82) is 0 Å². The molecule has 78 valence electrons. The van der Waals surface area contributed by atoms with Gasteiger partial charge in [-0.25, -0.2) is 0 Å². The molecule has 1 atom stereocenters. The van der Waals surface area contributed by atoms with E-state index in [-0.39, 0.29) is 11.8 Å². The molecule has 1 aliphatic rings. The summed E-state index contributed by atoms with van der Waals surface area (Å²) in [5.74, 6) is -0.525. The second kappa shape index (κ2) is 4.59. The fraction of sp³-hybridized carbons (Fsp3) is 0.556. The number of hydrogen-bond acceptors (Lipinski definition) is 2. The van der Waals surface area contributed by atoms with Crippen LogP contribution in [0, 0.1) is 5.92 Å². The summed E-state index contributed by atoms with van der Waals surface area (Å²) in [5.41, 5.74) is 5.14. The van der Waals surface area contributed by atoms with E-state index in [9.17, 15) is 9.59 Å². The molecule has 0 radical (unpaired) electrons. The Balaban J connectivity index is 2.45. The first-order chi connectivity index (χ1) is 6.50. The summed E-state index contributed by atoms with van der Waals surface area (Å²) < 4.78 is 0.650. The van der Waals surface area contributed by atoms with Crippen LogP contribution < -0.4 is 11.1 Å². The van der Waals surface area contributed by atoms with Crippen LogP contribution in [0.15, 0.2) is 11.1 Å². The van der Waals surface area contributed by atoms with Crippen molar-refractivity contribution in [3.05, 3.63) is 11.1 Å². The zero-order valence-electron chi connectivity index (χ0n) is 7.75. The van der Waals surface area contributed by atoms with Crippen LogP contribution in [0.5, 0.6) is 0 Å². The molecule has 0 aromatic rings. The third kappa shape index (κ3) is 3.49. The van der Waals surface area contributed by atoms with Crippen LogP contribution in [0.3, 0.4) is 0 Å². The molecule has 1 aliphatic carbocycles. The largest absolute Gasteiger partial charge is 0.368 e. The Morgan fingerprint density at radius 3 is 2.50 bits per heavy atom. The molecule has 0 bridgehead atoms. The Hall–Kier alpha value is -0.840. The average Bonchev–Trinajstić information content (AvgIpc) is 2.83. The van der Waals surface area contributed by atoms with E-state index in [1.54, 1.807) is 0 Å². The van der Waals surface area contributed by atoms with Crippen molar-refractivity contribution in [3.8, 4) is 0 Å². The Morgan fingerprint density at radius 1 is 1.57 bits per heavy atom. The van der Waals surface area contributed by atoms with Gasteiger partial charge in [-0.15, -0.1) is 0 Å². The molecular weight excluding hydrogens is 248 g/mol. The van der Waals surface area contributed by atoms with Crippen LogP contribution in [0.25, 0.3) is 0 Å². The maximum atomic E-state index is 11.3. The van der Waals surface area contributed by atoms with Crippen molar-refractivity contribution in [2.24, 2.45) is 11.7 Å². The van der Waals surface area contributed by atoms with Gasteiger partial charge in [-0.2, -0.15) is 0 Å². The lowest BCUT2D eigenvalue weighted by Crippen LogP contribution is -2.45. The number of amides is 2. The molecule has 0 aromatic carbocycles. The van der Waals surface area contributed by atoms with E-state index in [0.29, 0.717) is 10.9 Å². The first kappa shape index (κ1) is 11.2. The molecule has 1 saturated carbocycles. The highest BCUT2D eigenvalue weighted by Gasteiger charge is 2.32. The summed E-state index contributed by atoms with van der Waals surface area (Å²) in [4.78, 5) is 22.3. The number of rotatable bonds is 5. The highest BCUT2D eigenvalue weighted by Crippen LogP contribution is 2.29. The minimum absolute atomic E-state index is 0.0810. The summed E-state index contributed by atoms with van der Waals surface area (Å²) in [7, 11) is 0. The fourth-order valence-electron chi connectivity index (χ4n) is 1.08. The Kier molecular flexibility index (Phi) is 3.69. The van der Waals surface area contributed by atoms with Crippen LogP contribution in [-0.2, 0) is 9.59 Å². The molecule has 1 rings (SSSR count). The van der Waals surface area contributed by atoms with E-state index in [2.05, 4.69) is 27.8 Å². The van der Waals surface area contributed by atoms with Crippen LogP contribution >= 0.6 is 15.9 Å². The van der Waals surface area contributed by atoms with Gasteiger partial charge in [0.2, 0.25) is 11.8 Å². The van der Waals surface area contributed by atoms with Gasteiger partial charge in [-0.1, -0.05) is 22.5 Å². The predicted octanol–water partition coefficient (Wildman–Crippen LogP) is 0.665. The minimum atomic E-state index is -0.644. The first-order valence-electron chi connectivity index (χ1n) is 4.43. The van der Waals surface area contributed by atoms with Gasteiger partial charge in [0, 0.05) is 12.3 Å². The Bertz CT molecular complexity index is 274. The second-order valence-electron chi connectivity index (χ2n) is 3.46. The van der Waals surface area contributed by atoms with Crippen LogP contribution in [0.2, 0.25) is 0 Å². The van der Waals surface area contributed by atoms with Crippen molar-refractivity contribution >= 4 is 27.7 Å². The molecule has 0 spiro atoms. The molecule has 3 N–H and O–H groups in total. The lowest BCUT2D eigenvalue weighted by atomic mass is 10.2. The highest BCUT2D eigenvalue weighted by molar-refractivity contribution is 9.11. The summed E-state index contributed by atoms with van der Waals surface area (Å²) in [5, 5.41) is 2.61. The second-order valence-corrected chi connectivity index (χ2v) is 4.58. The molecule has 0 unspecified atom stereocenters. The SMILES string of the molecule is C=C(Br)C[C@H](NC(=O)C1CC1)C(N)=O. The lowest BCUT2D eigenvalue weighted by Gasteiger charge is -2.14. The first-order valence-corrected chi connectivity index (χ1v) is 5.23. The standard InChI is InChI=1S/C9H13BrN2O2/c1-5(10)4-7(8(11)13)12-9(14)6-2-3-6/h6-7H,1-4H2,(H2,11,13)(H,12,14)/t7-/m0/s1. The number of carbonyl (C=O) groups is 2. The summed E-state index contributed by atoms with van der Waals surface area (Å²) >= 11 is 3.13. The zero-order valence-corrected chi connectivity index (χ0v) is 9.34. The normalized spacial score (nSPS) is 17.2. The molecule has 0 aliphatic heterocycles. The van der Waals surface area contributed by atoms with Gasteiger partial charge in [-0.3, -0.25) is 9.59 Å². The van der Waals surface area contributed by atoms with E-state index in [1.165, 1.54) is 0 Å². The zero-order chi connectivity index (χ0) is 10.7. The summed E-state index contributed by atoms with van der Waals surface area (Å²) in [6.45, 7) is 3.60. The van der Waals surface area contributed by atoms with Gasteiger partial charge in [0.1, 0.15) is 6.04 Å².